The van der Waals surface area contributed by atoms with Crippen LogP contribution in [0.1, 0.15) is 12.5 Å². The first-order valence-electron chi connectivity index (χ1n) is 10.1. The third kappa shape index (κ3) is 4.06. The molecule has 3 aromatic carbocycles. The minimum atomic E-state index is -5.67. The van der Waals surface area contributed by atoms with Gasteiger partial charge in [-0.1, -0.05) is 48.5 Å². The summed E-state index contributed by atoms with van der Waals surface area (Å²) in [5, 5.41) is 0.866. The van der Waals surface area contributed by atoms with E-state index in [1.54, 1.807) is 29.8 Å². The average Bonchev–Trinajstić information content (AvgIpc) is 3.10. The van der Waals surface area contributed by atoms with E-state index < -0.39 is 15.5 Å². The molecule has 4 aromatic rings. The van der Waals surface area contributed by atoms with E-state index in [9.17, 15) is 21.6 Å². The number of nitrogens with one attached hydrogen (secondary N) is 1. The SMILES string of the molecule is CCOc1c(OC)cc(NS(=O)(=O)C(F)(F)F)c2c3ccccc3n(Cc3ccccc3)c12. The van der Waals surface area contributed by atoms with E-state index in [1.165, 1.54) is 13.2 Å². The molecule has 33 heavy (non-hydrogen) atoms. The molecule has 4 rings (SSSR count). The highest BCUT2D eigenvalue weighted by Crippen LogP contribution is 2.46. The van der Waals surface area contributed by atoms with Gasteiger partial charge in [-0.05, 0) is 18.6 Å². The van der Waals surface area contributed by atoms with Crippen LogP contribution in [0, 0.1) is 0 Å². The number of para-hydroxylation sites is 1. The van der Waals surface area contributed by atoms with Crippen molar-refractivity contribution in [2.75, 3.05) is 18.4 Å². The Balaban J connectivity index is 2.11. The van der Waals surface area contributed by atoms with Crippen molar-refractivity contribution >= 4 is 37.5 Å². The Labute approximate surface area is 188 Å². The van der Waals surface area contributed by atoms with Crippen molar-refractivity contribution in [1.82, 2.24) is 4.57 Å². The fraction of sp³-hybridized carbons (Fsp3) is 0.217. The Hall–Kier alpha value is -3.40. The number of methoxy groups -OCH3 is 1. The predicted molar refractivity (Wildman–Crippen MR) is 121 cm³/mol. The number of halogens is 3. The molecule has 1 N–H and O–H groups in total. The highest BCUT2D eigenvalue weighted by Gasteiger charge is 2.46. The van der Waals surface area contributed by atoms with Crippen LogP contribution in [-0.2, 0) is 16.6 Å². The van der Waals surface area contributed by atoms with Crippen molar-refractivity contribution in [2.24, 2.45) is 0 Å². The standard InChI is InChI=1S/C23H21F3N2O4S/c1-3-32-22-19(31-2)13-17(27-33(29,30)23(24,25)26)20-16-11-7-8-12-18(16)28(21(20)22)14-15-9-5-4-6-10-15/h4-13,27H,3,14H2,1-2H3. The van der Waals surface area contributed by atoms with Gasteiger partial charge >= 0.3 is 15.5 Å². The van der Waals surface area contributed by atoms with Gasteiger partial charge in [0.2, 0.25) is 0 Å². The fourth-order valence-corrected chi connectivity index (χ4v) is 4.41. The minimum Gasteiger partial charge on any atom is -0.493 e. The number of alkyl halides is 3. The Kier molecular flexibility index (Phi) is 5.87. The smallest absolute Gasteiger partial charge is 0.493 e. The highest BCUT2D eigenvalue weighted by molar-refractivity contribution is 7.93. The third-order valence-corrected chi connectivity index (χ3v) is 6.29. The van der Waals surface area contributed by atoms with E-state index in [1.807, 2.05) is 41.0 Å². The molecule has 10 heteroatoms. The lowest BCUT2D eigenvalue weighted by Gasteiger charge is -2.18. The molecule has 0 fully saturated rings. The summed E-state index contributed by atoms with van der Waals surface area (Å²) in [5.74, 6) is 0.429. The van der Waals surface area contributed by atoms with Gasteiger partial charge in [-0.25, -0.2) is 0 Å². The molecule has 0 radical (unpaired) electrons. The minimum absolute atomic E-state index is 0.112. The van der Waals surface area contributed by atoms with E-state index in [0.29, 0.717) is 34.1 Å². The summed E-state index contributed by atoms with van der Waals surface area (Å²) in [6, 6.07) is 17.8. The van der Waals surface area contributed by atoms with Gasteiger partial charge in [-0.2, -0.15) is 21.6 Å². The summed E-state index contributed by atoms with van der Waals surface area (Å²) < 4.78 is 78.4. The molecule has 0 aliphatic heterocycles. The van der Waals surface area contributed by atoms with Crippen LogP contribution in [0.2, 0.25) is 0 Å². The second-order valence-corrected chi connectivity index (χ2v) is 8.93. The fourth-order valence-electron chi connectivity index (χ4n) is 3.85. The van der Waals surface area contributed by atoms with Crippen LogP contribution < -0.4 is 14.2 Å². The largest absolute Gasteiger partial charge is 0.516 e. The van der Waals surface area contributed by atoms with E-state index in [0.717, 1.165) is 5.56 Å². The number of sulfonamides is 1. The summed E-state index contributed by atoms with van der Waals surface area (Å²) in [6.45, 7) is 2.42. The molecular formula is C23H21F3N2O4S. The van der Waals surface area contributed by atoms with Gasteiger partial charge in [0.25, 0.3) is 0 Å². The molecule has 174 valence electrons. The molecule has 1 heterocycles. The van der Waals surface area contributed by atoms with Crippen molar-refractivity contribution in [2.45, 2.75) is 19.0 Å². The van der Waals surface area contributed by atoms with Gasteiger partial charge < -0.3 is 14.0 Å². The summed E-state index contributed by atoms with van der Waals surface area (Å²) in [7, 11) is -4.32. The van der Waals surface area contributed by atoms with Crippen molar-refractivity contribution in [3.8, 4) is 11.5 Å². The predicted octanol–water partition coefficient (Wildman–Crippen LogP) is 5.51. The van der Waals surface area contributed by atoms with Gasteiger partial charge in [0.1, 0.15) is 0 Å². The third-order valence-electron chi connectivity index (χ3n) is 5.20. The first kappa shape index (κ1) is 22.8. The van der Waals surface area contributed by atoms with Gasteiger partial charge in [-0.15, -0.1) is 0 Å². The van der Waals surface area contributed by atoms with Gasteiger partial charge in [0.05, 0.1) is 24.9 Å². The molecular weight excluding hydrogens is 457 g/mol. The zero-order valence-electron chi connectivity index (χ0n) is 17.8. The van der Waals surface area contributed by atoms with E-state index in [4.69, 9.17) is 9.47 Å². The molecule has 0 bridgehead atoms. The number of hydrogen-bond acceptors (Lipinski definition) is 4. The van der Waals surface area contributed by atoms with Crippen LogP contribution in [0.25, 0.3) is 21.8 Å². The number of ether oxygens (including phenoxy) is 2. The number of fused-ring (bicyclic) bond motifs is 3. The first-order valence-corrected chi connectivity index (χ1v) is 11.5. The maximum Gasteiger partial charge on any atom is 0.516 e. The number of rotatable bonds is 7. The summed E-state index contributed by atoms with van der Waals surface area (Å²) in [5.41, 5.74) is -3.64. The highest BCUT2D eigenvalue weighted by atomic mass is 32.2. The zero-order valence-corrected chi connectivity index (χ0v) is 18.6. The Bertz CT molecular complexity index is 1410. The van der Waals surface area contributed by atoms with Crippen LogP contribution in [0.4, 0.5) is 18.9 Å². The van der Waals surface area contributed by atoms with Crippen molar-refractivity contribution < 1.29 is 31.1 Å². The number of benzene rings is 3. The molecule has 0 unspecified atom stereocenters. The average molecular weight is 478 g/mol. The van der Waals surface area contributed by atoms with Gasteiger partial charge in [0.15, 0.2) is 11.5 Å². The van der Waals surface area contributed by atoms with Crippen LogP contribution in [0.3, 0.4) is 0 Å². The molecule has 0 atom stereocenters. The maximum absolute atomic E-state index is 13.2. The molecule has 0 amide bonds. The van der Waals surface area contributed by atoms with Crippen molar-refractivity contribution in [3.05, 3.63) is 66.2 Å². The number of anilines is 1. The molecule has 6 nitrogen and oxygen atoms in total. The summed E-state index contributed by atoms with van der Waals surface area (Å²) in [6.07, 6.45) is 0. The van der Waals surface area contributed by atoms with Crippen LogP contribution in [-0.4, -0.2) is 32.2 Å². The van der Waals surface area contributed by atoms with Crippen molar-refractivity contribution in [3.63, 3.8) is 0 Å². The number of nitrogens with zero attached hydrogens (tertiary/aromatic N) is 1. The second-order valence-electron chi connectivity index (χ2n) is 7.25. The Morgan fingerprint density at radius 2 is 1.70 bits per heavy atom. The lowest BCUT2D eigenvalue weighted by atomic mass is 10.1. The Morgan fingerprint density at radius 1 is 1.03 bits per heavy atom. The van der Waals surface area contributed by atoms with Gasteiger partial charge in [-0.3, -0.25) is 4.72 Å². The summed E-state index contributed by atoms with van der Waals surface area (Å²) >= 11 is 0. The second kappa shape index (κ2) is 8.51. The topological polar surface area (TPSA) is 69.6 Å². The normalized spacial score (nSPS) is 12.3. The van der Waals surface area contributed by atoms with Crippen molar-refractivity contribution in [1.29, 1.82) is 0 Å². The van der Waals surface area contributed by atoms with E-state index >= 15 is 0 Å². The lowest BCUT2D eigenvalue weighted by molar-refractivity contribution is -0.0429. The molecule has 0 spiro atoms. The first-order chi connectivity index (χ1) is 15.7. The molecule has 0 saturated heterocycles. The summed E-state index contributed by atoms with van der Waals surface area (Å²) in [4.78, 5) is 0. The number of hydrogen-bond donors (Lipinski definition) is 1. The molecule has 0 saturated carbocycles. The Morgan fingerprint density at radius 3 is 2.33 bits per heavy atom. The molecule has 1 aromatic heterocycles. The van der Waals surface area contributed by atoms with Gasteiger partial charge in [0, 0.05) is 28.9 Å². The van der Waals surface area contributed by atoms with Crippen LogP contribution in [0.5, 0.6) is 11.5 Å². The van der Waals surface area contributed by atoms with Crippen LogP contribution in [0.15, 0.2) is 60.7 Å². The quantitative estimate of drug-likeness (QED) is 0.380. The van der Waals surface area contributed by atoms with E-state index in [-0.39, 0.29) is 18.0 Å². The molecule has 0 aliphatic rings. The van der Waals surface area contributed by atoms with Crippen LogP contribution >= 0.6 is 0 Å². The van der Waals surface area contributed by atoms with E-state index in [2.05, 4.69) is 0 Å². The lowest BCUT2D eigenvalue weighted by Crippen LogP contribution is -2.30. The molecule has 0 aliphatic carbocycles. The zero-order chi connectivity index (χ0) is 23.8. The maximum atomic E-state index is 13.2. The number of aromatic nitrogens is 1. The monoisotopic (exact) mass is 478 g/mol.